The summed E-state index contributed by atoms with van der Waals surface area (Å²) < 4.78 is 50.7. The van der Waals surface area contributed by atoms with Gasteiger partial charge in [-0.05, 0) is 53.7 Å². The van der Waals surface area contributed by atoms with Crippen LogP contribution in [-0.4, -0.2) is 58.8 Å². The first-order chi connectivity index (χ1) is 19.3. The maximum Gasteiger partial charge on any atom is 0.459 e. The number of carbonyl (C=O) groups excluding carboxylic acids is 1. The molecule has 2 saturated heterocycles. The molecule has 3 aromatic rings. The second-order valence-corrected chi connectivity index (χ2v) is 13.9. The summed E-state index contributed by atoms with van der Waals surface area (Å²) in [5.41, 5.74) is 1.36. The summed E-state index contributed by atoms with van der Waals surface area (Å²) >= 11 is 7.81. The molecule has 4 heterocycles. The molecular weight excluding hydrogens is 593 g/mol. The van der Waals surface area contributed by atoms with Crippen molar-refractivity contribution in [3.05, 3.63) is 52.3 Å². The number of esters is 1. The number of nitrogens with zero attached hydrogens (tertiary/aromatic N) is 2. The van der Waals surface area contributed by atoms with Gasteiger partial charge in [0, 0.05) is 11.8 Å². The number of halogens is 1. The van der Waals surface area contributed by atoms with Crippen LogP contribution in [0.1, 0.15) is 51.3 Å². The Hall–Kier alpha value is -2.15. The minimum atomic E-state index is -4.11. The van der Waals surface area contributed by atoms with E-state index in [1.165, 1.54) is 18.3 Å². The number of fused-ring (bicyclic) bond motifs is 2. The SMILES string of the molecule is Cc1nc2c(Cl)ncc([C@@H]3O[C@H](CO[P@](=O)(N[C@H](C)C(=O)OC(C)C)Oc4ccccc4)[C@H]4OC(C)(C)O[C@H]43)c2s1. The van der Waals surface area contributed by atoms with Crippen LogP contribution in [0.5, 0.6) is 5.75 Å². The predicted octanol–water partition coefficient (Wildman–Crippen LogP) is 5.75. The Bertz CT molecular complexity index is 1460. The van der Waals surface area contributed by atoms with Gasteiger partial charge in [0.2, 0.25) is 0 Å². The average Bonchev–Trinajstić information content (AvgIpc) is 3.54. The lowest BCUT2D eigenvalue weighted by molar-refractivity contribution is -0.190. The molecule has 2 aliphatic heterocycles. The van der Waals surface area contributed by atoms with Crippen molar-refractivity contribution in [2.45, 2.75) is 83.9 Å². The lowest BCUT2D eigenvalue weighted by Crippen LogP contribution is -2.38. The highest BCUT2D eigenvalue weighted by atomic mass is 35.5. The van der Waals surface area contributed by atoms with Gasteiger partial charge in [0.1, 0.15) is 41.7 Å². The van der Waals surface area contributed by atoms with Crippen molar-refractivity contribution in [2.75, 3.05) is 6.61 Å². The summed E-state index contributed by atoms with van der Waals surface area (Å²) in [7, 11) is -4.11. The summed E-state index contributed by atoms with van der Waals surface area (Å²) in [6, 6.07) is 7.56. The van der Waals surface area contributed by atoms with E-state index in [2.05, 4.69) is 15.1 Å². The van der Waals surface area contributed by atoms with Gasteiger partial charge in [-0.2, -0.15) is 5.09 Å². The predicted molar refractivity (Wildman–Crippen MR) is 153 cm³/mol. The van der Waals surface area contributed by atoms with E-state index in [1.807, 2.05) is 20.8 Å². The first kappa shape index (κ1) is 30.3. The highest BCUT2D eigenvalue weighted by Crippen LogP contribution is 2.50. The molecule has 41 heavy (non-hydrogen) atoms. The molecular formula is C27H33ClN3O8PS. The fourth-order valence-corrected chi connectivity index (χ4v) is 7.49. The molecule has 0 spiro atoms. The molecule has 11 nitrogen and oxygen atoms in total. The van der Waals surface area contributed by atoms with Crippen molar-refractivity contribution in [3.63, 3.8) is 0 Å². The second kappa shape index (κ2) is 11.9. The number of aryl methyl sites for hydroxylation is 1. The number of hydrogen-bond donors (Lipinski definition) is 1. The molecule has 0 radical (unpaired) electrons. The van der Waals surface area contributed by atoms with E-state index in [9.17, 15) is 9.36 Å². The minimum absolute atomic E-state index is 0.188. The molecule has 1 aromatic carbocycles. The van der Waals surface area contributed by atoms with Gasteiger partial charge in [0.15, 0.2) is 10.9 Å². The third kappa shape index (κ3) is 6.76. The van der Waals surface area contributed by atoms with Crippen LogP contribution in [-0.2, 0) is 32.8 Å². The lowest BCUT2D eigenvalue weighted by Gasteiger charge is -2.26. The topological polar surface area (TPSA) is 127 Å². The number of pyridine rings is 1. The fraction of sp³-hybridized carbons (Fsp3) is 0.519. The highest BCUT2D eigenvalue weighted by molar-refractivity contribution is 7.52. The van der Waals surface area contributed by atoms with Gasteiger partial charge in [-0.3, -0.25) is 9.32 Å². The van der Waals surface area contributed by atoms with Crippen molar-refractivity contribution in [2.24, 2.45) is 0 Å². The van der Waals surface area contributed by atoms with Gasteiger partial charge in [0.05, 0.1) is 22.4 Å². The Balaban J connectivity index is 1.40. The number of rotatable bonds is 10. The van der Waals surface area contributed by atoms with Crippen LogP contribution in [0.15, 0.2) is 36.5 Å². The number of aromatic nitrogens is 2. The van der Waals surface area contributed by atoms with E-state index in [4.69, 9.17) is 39.6 Å². The highest BCUT2D eigenvalue weighted by Gasteiger charge is 2.56. The van der Waals surface area contributed by atoms with Crippen LogP contribution >= 0.6 is 30.7 Å². The number of ether oxygens (including phenoxy) is 4. The van der Waals surface area contributed by atoms with Crippen molar-refractivity contribution in [3.8, 4) is 5.75 Å². The van der Waals surface area contributed by atoms with E-state index < -0.39 is 50.0 Å². The Morgan fingerprint density at radius 1 is 1.20 bits per heavy atom. The summed E-state index contributed by atoms with van der Waals surface area (Å²) in [6.45, 7) is 10.3. The molecule has 0 amide bonds. The van der Waals surface area contributed by atoms with Gasteiger partial charge in [-0.15, -0.1) is 11.3 Å². The molecule has 0 bridgehead atoms. The summed E-state index contributed by atoms with van der Waals surface area (Å²) in [6.07, 6.45) is -1.02. The second-order valence-electron chi connectivity index (χ2n) is 10.6. The normalized spacial score (nSPS) is 25.7. The van der Waals surface area contributed by atoms with Gasteiger partial charge in [0.25, 0.3) is 0 Å². The zero-order chi connectivity index (χ0) is 29.5. The molecule has 0 unspecified atom stereocenters. The van der Waals surface area contributed by atoms with E-state index in [0.717, 1.165) is 15.3 Å². The molecule has 2 aliphatic rings. The van der Waals surface area contributed by atoms with Crippen LogP contribution in [0.3, 0.4) is 0 Å². The van der Waals surface area contributed by atoms with E-state index in [1.54, 1.807) is 50.4 Å². The molecule has 5 rings (SSSR count). The first-order valence-electron chi connectivity index (χ1n) is 13.2. The Morgan fingerprint density at radius 3 is 2.61 bits per heavy atom. The van der Waals surface area contributed by atoms with E-state index in [0.29, 0.717) is 16.4 Å². The monoisotopic (exact) mass is 625 g/mol. The molecule has 0 saturated carbocycles. The number of para-hydroxylation sites is 1. The summed E-state index contributed by atoms with van der Waals surface area (Å²) in [5, 5.41) is 3.85. The standard InChI is InChI=1S/C27H33ClN3O8PS/c1-14(2)35-26(32)15(3)31-40(33,39-17-10-8-7-9-11-17)34-13-19-22-23(38-27(5,6)37-22)21(36-19)18-12-29-25(28)20-24(18)41-16(4)30-20/h7-12,14-15,19,21-23H,13H2,1-6H3,(H,31,33)/t15-,19-,21+,22-,23+,40-/m1/s1. The van der Waals surface area contributed by atoms with Crippen LogP contribution in [0.25, 0.3) is 10.2 Å². The number of carbonyl (C=O) groups is 1. The van der Waals surface area contributed by atoms with Crippen LogP contribution in [0.4, 0.5) is 0 Å². The molecule has 2 aromatic heterocycles. The molecule has 1 N–H and O–H groups in total. The quantitative estimate of drug-likeness (QED) is 0.168. The number of hydrogen-bond acceptors (Lipinski definition) is 11. The van der Waals surface area contributed by atoms with Crippen molar-refractivity contribution in [1.82, 2.24) is 15.1 Å². The largest absolute Gasteiger partial charge is 0.462 e. The van der Waals surface area contributed by atoms with Gasteiger partial charge in [-0.1, -0.05) is 29.8 Å². The number of benzene rings is 1. The molecule has 6 atom stereocenters. The Morgan fingerprint density at radius 2 is 1.90 bits per heavy atom. The minimum Gasteiger partial charge on any atom is -0.462 e. The molecule has 0 aliphatic carbocycles. The smallest absolute Gasteiger partial charge is 0.459 e. The van der Waals surface area contributed by atoms with Gasteiger partial charge < -0.3 is 23.5 Å². The van der Waals surface area contributed by atoms with Crippen molar-refractivity contribution >= 4 is 46.9 Å². The maximum atomic E-state index is 14.0. The summed E-state index contributed by atoms with van der Waals surface area (Å²) in [4.78, 5) is 21.3. The van der Waals surface area contributed by atoms with Gasteiger partial charge >= 0.3 is 13.7 Å². The zero-order valence-electron chi connectivity index (χ0n) is 23.5. The third-order valence-corrected chi connectivity index (χ3v) is 9.34. The zero-order valence-corrected chi connectivity index (χ0v) is 26.0. The number of nitrogens with one attached hydrogen (secondary N) is 1. The average molecular weight is 626 g/mol. The first-order valence-corrected chi connectivity index (χ1v) is 16.0. The lowest BCUT2D eigenvalue weighted by atomic mass is 10.0. The Labute approximate surface area is 247 Å². The molecule has 14 heteroatoms. The van der Waals surface area contributed by atoms with E-state index in [-0.39, 0.29) is 12.7 Å². The third-order valence-electron chi connectivity index (χ3n) is 6.40. The van der Waals surface area contributed by atoms with Gasteiger partial charge in [-0.25, -0.2) is 14.5 Å². The van der Waals surface area contributed by atoms with Crippen molar-refractivity contribution < 1.29 is 37.4 Å². The summed E-state index contributed by atoms with van der Waals surface area (Å²) in [5.74, 6) is -1.19. The van der Waals surface area contributed by atoms with Crippen LogP contribution in [0, 0.1) is 6.92 Å². The van der Waals surface area contributed by atoms with Crippen LogP contribution < -0.4 is 9.61 Å². The van der Waals surface area contributed by atoms with E-state index >= 15 is 0 Å². The maximum absolute atomic E-state index is 14.0. The Kier molecular flexibility index (Phi) is 8.76. The molecule has 2 fully saturated rings. The van der Waals surface area contributed by atoms with Crippen molar-refractivity contribution in [1.29, 1.82) is 0 Å². The van der Waals surface area contributed by atoms with Crippen LogP contribution in [0.2, 0.25) is 5.15 Å². The number of thiazole rings is 1. The molecule has 222 valence electrons. The fourth-order valence-electron chi connectivity index (χ4n) is 4.78.